The minimum absolute atomic E-state index is 0.00127. The van der Waals surface area contributed by atoms with E-state index in [0.29, 0.717) is 6.61 Å². The van der Waals surface area contributed by atoms with Crippen molar-refractivity contribution in [3.8, 4) is 0 Å². The number of ether oxygens (including phenoxy) is 1. The summed E-state index contributed by atoms with van der Waals surface area (Å²) in [5.41, 5.74) is 0. The largest absolute Gasteiger partial charge is 0.394 e. The topological polar surface area (TPSA) is 160 Å². The molecule has 0 rings (SSSR count). The second-order valence-electron chi connectivity index (χ2n) is 4.23. The summed E-state index contributed by atoms with van der Waals surface area (Å²) in [6.45, 7) is 1.10. The SMILES string of the molecule is CCOCC(O)CNC(=O)C(O)C(O)C(O)C(O)CO. The minimum Gasteiger partial charge on any atom is -0.394 e. The molecule has 0 aromatic carbocycles. The highest BCUT2D eigenvalue weighted by Gasteiger charge is 2.34. The van der Waals surface area contributed by atoms with Crippen molar-refractivity contribution in [1.29, 1.82) is 0 Å². The van der Waals surface area contributed by atoms with Crippen LogP contribution < -0.4 is 5.32 Å². The molecule has 0 aliphatic heterocycles. The summed E-state index contributed by atoms with van der Waals surface area (Å²) in [6, 6.07) is 0. The molecule has 120 valence electrons. The van der Waals surface area contributed by atoms with Gasteiger partial charge in [0.2, 0.25) is 0 Å². The maximum atomic E-state index is 11.4. The summed E-state index contributed by atoms with van der Waals surface area (Å²) in [5, 5.41) is 57.4. The Morgan fingerprint density at radius 3 is 2.25 bits per heavy atom. The van der Waals surface area contributed by atoms with Crippen LogP contribution in [-0.2, 0) is 9.53 Å². The highest BCUT2D eigenvalue weighted by Crippen LogP contribution is 2.05. The lowest BCUT2D eigenvalue weighted by molar-refractivity contribution is -0.149. The highest BCUT2D eigenvalue weighted by molar-refractivity contribution is 5.81. The van der Waals surface area contributed by atoms with Crippen LogP contribution in [0.15, 0.2) is 0 Å². The Bertz CT molecular complexity index is 277. The van der Waals surface area contributed by atoms with Crippen LogP contribution in [0.5, 0.6) is 0 Å². The summed E-state index contributed by atoms with van der Waals surface area (Å²) in [4.78, 5) is 11.4. The van der Waals surface area contributed by atoms with Crippen molar-refractivity contribution in [3.63, 3.8) is 0 Å². The molecule has 7 N–H and O–H groups in total. The molecule has 0 aliphatic carbocycles. The molecule has 0 fully saturated rings. The third kappa shape index (κ3) is 6.57. The number of rotatable bonds is 10. The van der Waals surface area contributed by atoms with Gasteiger partial charge in [0.1, 0.15) is 18.3 Å². The van der Waals surface area contributed by atoms with Gasteiger partial charge >= 0.3 is 0 Å². The average molecular weight is 297 g/mol. The Balaban J connectivity index is 4.20. The van der Waals surface area contributed by atoms with Gasteiger partial charge in [0, 0.05) is 13.2 Å². The maximum Gasteiger partial charge on any atom is 0.251 e. The number of hydrogen-bond acceptors (Lipinski definition) is 8. The monoisotopic (exact) mass is 297 g/mol. The third-order valence-electron chi connectivity index (χ3n) is 2.55. The van der Waals surface area contributed by atoms with E-state index in [4.69, 9.17) is 14.9 Å². The minimum atomic E-state index is -2.01. The van der Waals surface area contributed by atoms with Gasteiger partial charge in [-0.2, -0.15) is 0 Å². The zero-order valence-electron chi connectivity index (χ0n) is 11.2. The van der Waals surface area contributed by atoms with E-state index in [1.54, 1.807) is 6.92 Å². The first-order valence-electron chi connectivity index (χ1n) is 6.21. The molecular weight excluding hydrogens is 274 g/mol. The summed E-state index contributed by atoms with van der Waals surface area (Å²) in [7, 11) is 0. The molecule has 1 amide bonds. The summed E-state index contributed by atoms with van der Waals surface area (Å²) < 4.78 is 4.91. The van der Waals surface area contributed by atoms with E-state index in [9.17, 15) is 25.2 Å². The van der Waals surface area contributed by atoms with Gasteiger partial charge in [0.15, 0.2) is 6.10 Å². The summed E-state index contributed by atoms with van der Waals surface area (Å²) >= 11 is 0. The smallest absolute Gasteiger partial charge is 0.251 e. The van der Waals surface area contributed by atoms with E-state index in [1.165, 1.54) is 0 Å². The number of carbonyl (C=O) groups is 1. The predicted molar refractivity (Wildman–Crippen MR) is 66.6 cm³/mol. The van der Waals surface area contributed by atoms with Crippen molar-refractivity contribution in [2.24, 2.45) is 0 Å². The molecular formula is C11H23NO8. The maximum absolute atomic E-state index is 11.4. The summed E-state index contributed by atoms with van der Waals surface area (Å²) in [5.74, 6) is -1.03. The van der Waals surface area contributed by atoms with Crippen LogP contribution >= 0.6 is 0 Å². The Labute approximate surface area is 116 Å². The van der Waals surface area contributed by atoms with E-state index in [1.807, 2.05) is 0 Å². The molecule has 0 radical (unpaired) electrons. The molecule has 0 saturated heterocycles. The number of nitrogens with one attached hydrogen (secondary N) is 1. The Morgan fingerprint density at radius 1 is 1.15 bits per heavy atom. The quantitative estimate of drug-likeness (QED) is 0.214. The van der Waals surface area contributed by atoms with Crippen molar-refractivity contribution in [1.82, 2.24) is 5.32 Å². The zero-order chi connectivity index (χ0) is 15.7. The van der Waals surface area contributed by atoms with E-state index in [0.717, 1.165) is 0 Å². The number of amides is 1. The fraction of sp³-hybridized carbons (Fsp3) is 0.909. The zero-order valence-corrected chi connectivity index (χ0v) is 11.2. The molecule has 0 aromatic rings. The molecule has 5 atom stereocenters. The van der Waals surface area contributed by atoms with E-state index in [-0.39, 0.29) is 13.2 Å². The molecule has 20 heavy (non-hydrogen) atoms. The number of hydrogen-bond donors (Lipinski definition) is 7. The van der Waals surface area contributed by atoms with Crippen molar-refractivity contribution in [3.05, 3.63) is 0 Å². The highest BCUT2D eigenvalue weighted by atomic mass is 16.5. The van der Waals surface area contributed by atoms with Gasteiger partial charge in [-0.25, -0.2) is 0 Å². The van der Waals surface area contributed by atoms with Crippen molar-refractivity contribution in [2.45, 2.75) is 37.4 Å². The van der Waals surface area contributed by atoms with Crippen LogP contribution in [0, 0.1) is 0 Å². The second kappa shape index (κ2) is 10.00. The number of aliphatic hydroxyl groups excluding tert-OH is 6. The molecule has 9 heteroatoms. The first kappa shape index (κ1) is 19.2. The van der Waals surface area contributed by atoms with Crippen molar-refractivity contribution < 1.29 is 40.2 Å². The molecule has 5 unspecified atom stereocenters. The number of aliphatic hydroxyl groups is 6. The fourth-order valence-corrected chi connectivity index (χ4v) is 1.31. The van der Waals surface area contributed by atoms with Crippen LogP contribution in [0.3, 0.4) is 0 Å². The summed E-state index contributed by atoms with van der Waals surface area (Å²) in [6.07, 6.45) is -8.52. The first-order valence-corrected chi connectivity index (χ1v) is 6.21. The molecule has 0 saturated carbocycles. The van der Waals surface area contributed by atoms with Gasteiger partial charge < -0.3 is 40.7 Å². The van der Waals surface area contributed by atoms with E-state index >= 15 is 0 Å². The van der Waals surface area contributed by atoms with Gasteiger partial charge in [-0.15, -0.1) is 0 Å². The van der Waals surface area contributed by atoms with Crippen LogP contribution in [0.25, 0.3) is 0 Å². The first-order chi connectivity index (χ1) is 9.34. The van der Waals surface area contributed by atoms with Gasteiger partial charge in [-0.05, 0) is 6.92 Å². The molecule has 0 aliphatic rings. The molecule has 9 nitrogen and oxygen atoms in total. The van der Waals surface area contributed by atoms with Crippen LogP contribution in [0.4, 0.5) is 0 Å². The number of carbonyl (C=O) groups excluding carboxylic acids is 1. The fourth-order valence-electron chi connectivity index (χ4n) is 1.31. The predicted octanol–water partition coefficient (Wildman–Crippen LogP) is -4.06. The third-order valence-corrected chi connectivity index (χ3v) is 2.55. The van der Waals surface area contributed by atoms with Gasteiger partial charge in [0.25, 0.3) is 5.91 Å². The van der Waals surface area contributed by atoms with E-state index < -0.39 is 43.0 Å². The van der Waals surface area contributed by atoms with Gasteiger partial charge in [-0.3, -0.25) is 4.79 Å². The van der Waals surface area contributed by atoms with Crippen LogP contribution in [-0.4, -0.2) is 93.4 Å². The Hall–Kier alpha value is -0.810. The molecule has 0 spiro atoms. The van der Waals surface area contributed by atoms with Gasteiger partial charge in [0.05, 0.1) is 19.3 Å². The molecule has 0 bridgehead atoms. The lowest BCUT2D eigenvalue weighted by atomic mass is 10.0. The lowest BCUT2D eigenvalue weighted by Crippen LogP contribution is -2.52. The van der Waals surface area contributed by atoms with Crippen molar-refractivity contribution >= 4 is 5.91 Å². The normalized spacial score (nSPS) is 18.9. The standard InChI is InChI=1S/C11H23NO8/c1-2-20-5-6(14)3-12-11(19)10(18)9(17)8(16)7(15)4-13/h6-10,13-18H,2-5H2,1H3,(H,12,19). The van der Waals surface area contributed by atoms with Crippen LogP contribution in [0.2, 0.25) is 0 Å². The second-order valence-corrected chi connectivity index (χ2v) is 4.23. The van der Waals surface area contributed by atoms with E-state index in [2.05, 4.69) is 5.32 Å². The average Bonchev–Trinajstić information content (AvgIpc) is 2.47. The molecule has 0 heterocycles. The lowest BCUT2D eigenvalue weighted by Gasteiger charge is -2.25. The molecule has 0 aromatic heterocycles. The Kier molecular flexibility index (Phi) is 9.59. The van der Waals surface area contributed by atoms with Gasteiger partial charge in [-0.1, -0.05) is 0 Å². The van der Waals surface area contributed by atoms with Crippen molar-refractivity contribution in [2.75, 3.05) is 26.4 Å². The van der Waals surface area contributed by atoms with Crippen LogP contribution in [0.1, 0.15) is 6.92 Å². The Morgan fingerprint density at radius 2 is 1.75 bits per heavy atom.